The first-order valence-corrected chi connectivity index (χ1v) is 12.9. The molecule has 1 aliphatic rings. The highest BCUT2D eigenvalue weighted by atomic mass is 32.2. The van der Waals surface area contributed by atoms with Crippen molar-refractivity contribution >= 4 is 33.0 Å². The fraction of sp³-hybridized carbons (Fsp3) is 0.167. The van der Waals surface area contributed by atoms with Gasteiger partial charge in [-0.2, -0.15) is 4.98 Å². The Labute approximate surface area is 200 Å². The minimum Gasteiger partial charge on any atom is -0.418 e. The Morgan fingerprint density at radius 3 is 2.41 bits per heavy atom. The van der Waals surface area contributed by atoms with E-state index in [0.29, 0.717) is 26.2 Å². The zero-order valence-electron chi connectivity index (χ0n) is 17.9. The molecular formula is C24H20FN3O4S2. The van der Waals surface area contributed by atoms with Crippen molar-refractivity contribution in [1.29, 1.82) is 0 Å². The van der Waals surface area contributed by atoms with E-state index in [2.05, 4.69) is 4.98 Å². The molecule has 7 nitrogen and oxygen atoms in total. The Hall–Kier alpha value is -3.50. The molecule has 3 heterocycles. The maximum atomic E-state index is 13.5. The lowest BCUT2D eigenvalue weighted by molar-refractivity contribution is 0.0744. The number of thiophene rings is 1. The molecule has 0 aliphatic carbocycles. The number of oxazole rings is 1. The van der Waals surface area contributed by atoms with E-state index in [1.165, 1.54) is 41.7 Å². The predicted octanol–water partition coefficient (Wildman–Crippen LogP) is 4.34. The van der Waals surface area contributed by atoms with E-state index in [1.807, 2.05) is 17.5 Å². The van der Waals surface area contributed by atoms with Crippen LogP contribution < -0.4 is 4.90 Å². The van der Waals surface area contributed by atoms with Gasteiger partial charge >= 0.3 is 0 Å². The van der Waals surface area contributed by atoms with Crippen LogP contribution in [0.3, 0.4) is 0 Å². The molecule has 1 amide bonds. The number of aromatic nitrogens is 1. The number of hydrogen-bond donors (Lipinski definition) is 0. The van der Waals surface area contributed by atoms with Gasteiger partial charge in [0.1, 0.15) is 5.82 Å². The molecule has 1 fully saturated rings. The van der Waals surface area contributed by atoms with Gasteiger partial charge in [0.15, 0.2) is 0 Å². The second kappa shape index (κ2) is 9.03. The molecule has 10 heteroatoms. The van der Waals surface area contributed by atoms with Gasteiger partial charge in [0, 0.05) is 31.7 Å². The zero-order valence-corrected chi connectivity index (χ0v) is 19.6. The molecule has 0 N–H and O–H groups in total. The molecule has 34 heavy (non-hydrogen) atoms. The fourth-order valence-electron chi connectivity index (χ4n) is 3.81. The summed E-state index contributed by atoms with van der Waals surface area (Å²) in [5, 5.41) is 1.72. The van der Waals surface area contributed by atoms with Crippen molar-refractivity contribution in [2.45, 2.75) is 9.92 Å². The maximum absolute atomic E-state index is 13.5. The number of carbonyl (C=O) groups is 1. The van der Waals surface area contributed by atoms with E-state index in [1.54, 1.807) is 34.1 Å². The van der Waals surface area contributed by atoms with Gasteiger partial charge in [0.05, 0.1) is 9.77 Å². The molecule has 2 aromatic heterocycles. The number of hydrogen-bond acceptors (Lipinski definition) is 7. The number of halogens is 1. The van der Waals surface area contributed by atoms with Crippen LogP contribution in [0.2, 0.25) is 0 Å². The average Bonchev–Trinajstić information content (AvgIpc) is 3.55. The van der Waals surface area contributed by atoms with Crippen molar-refractivity contribution in [2.24, 2.45) is 0 Å². The Bertz CT molecular complexity index is 1410. The highest BCUT2D eigenvalue weighted by Gasteiger charge is 2.33. The molecule has 0 spiro atoms. The highest BCUT2D eigenvalue weighted by Crippen LogP contribution is 2.36. The van der Waals surface area contributed by atoms with E-state index < -0.39 is 15.7 Å². The van der Waals surface area contributed by atoms with Crippen molar-refractivity contribution in [3.05, 3.63) is 83.5 Å². The minimum absolute atomic E-state index is 0.127. The van der Waals surface area contributed by atoms with Gasteiger partial charge in [0.25, 0.3) is 5.91 Å². The van der Waals surface area contributed by atoms with Crippen LogP contribution in [0.1, 0.15) is 10.4 Å². The second-order valence-electron chi connectivity index (χ2n) is 7.71. The first-order valence-electron chi connectivity index (χ1n) is 10.6. The molecule has 2 aromatic carbocycles. The molecule has 0 bridgehead atoms. The lowest BCUT2D eigenvalue weighted by Crippen LogP contribution is -2.49. The van der Waals surface area contributed by atoms with Crippen LogP contribution in [0.5, 0.6) is 0 Å². The number of rotatable bonds is 5. The molecule has 0 unspecified atom stereocenters. The number of carbonyl (C=O) groups excluding carboxylic acids is 1. The summed E-state index contributed by atoms with van der Waals surface area (Å²) in [6.45, 7) is 1.35. The third kappa shape index (κ3) is 4.22. The summed E-state index contributed by atoms with van der Waals surface area (Å²) in [5.74, 6) is -0.348. The summed E-state index contributed by atoms with van der Waals surface area (Å²) >= 11 is 1.40. The molecule has 1 aliphatic heterocycles. The summed E-state index contributed by atoms with van der Waals surface area (Å²) in [5.41, 5.74) is 0.278. The van der Waals surface area contributed by atoms with Gasteiger partial charge in [-0.1, -0.05) is 30.3 Å². The van der Waals surface area contributed by atoms with Gasteiger partial charge in [0.2, 0.25) is 26.6 Å². The molecular weight excluding hydrogens is 477 g/mol. The SMILES string of the molecule is O=C(c1cccc(F)c1)N1CCN(c2oc(-c3cccs3)nc2S(=O)(=O)c2ccccc2)CC1. The molecule has 5 rings (SSSR count). The zero-order chi connectivity index (χ0) is 23.7. The quantitative estimate of drug-likeness (QED) is 0.408. The van der Waals surface area contributed by atoms with Crippen molar-refractivity contribution in [1.82, 2.24) is 9.88 Å². The molecule has 4 aromatic rings. The third-order valence-corrected chi connectivity index (χ3v) is 8.07. The van der Waals surface area contributed by atoms with Crippen LogP contribution in [0.4, 0.5) is 10.3 Å². The molecule has 0 radical (unpaired) electrons. The van der Waals surface area contributed by atoms with Crippen molar-refractivity contribution in [2.75, 3.05) is 31.1 Å². The van der Waals surface area contributed by atoms with Crippen LogP contribution in [-0.2, 0) is 9.84 Å². The summed E-state index contributed by atoms with van der Waals surface area (Å²) in [6, 6.07) is 17.3. The van der Waals surface area contributed by atoms with Crippen molar-refractivity contribution in [3.8, 4) is 10.8 Å². The Kier molecular flexibility index (Phi) is 5.93. The Morgan fingerprint density at radius 2 is 1.74 bits per heavy atom. The van der Waals surface area contributed by atoms with Gasteiger partial charge in [-0.3, -0.25) is 4.79 Å². The molecule has 0 saturated carbocycles. The van der Waals surface area contributed by atoms with Crippen LogP contribution in [0.15, 0.2) is 86.4 Å². The van der Waals surface area contributed by atoms with E-state index in [-0.39, 0.29) is 33.2 Å². The average molecular weight is 498 g/mol. The van der Waals surface area contributed by atoms with E-state index in [0.717, 1.165) is 4.88 Å². The predicted molar refractivity (Wildman–Crippen MR) is 126 cm³/mol. The fourth-order valence-corrected chi connectivity index (χ4v) is 5.80. The summed E-state index contributed by atoms with van der Waals surface area (Å²) in [7, 11) is -3.93. The molecule has 0 atom stereocenters. The topological polar surface area (TPSA) is 83.7 Å². The van der Waals surface area contributed by atoms with Crippen LogP contribution in [-0.4, -0.2) is 50.4 Å². The summed E-state index contributed by atoms with van der Waals surface area (Å²) < 4.78 is 46.4. The van der Waals surface area contributed by atoms with Gasteiger partial charge in [-0.25, -0.2) is 12.8 Å². The molecule has 174 valence electrons. The minimum atomic E-state index is -3.93. The monoisotopic (exact) mass is 497 g/mol. The van der Waals surface area contributed by atoms with Gasteiger partial charge in [-0.05, 0) is 41.8 Å². The Balaban J connectivity index is 1.44. The first-order chi connectivity index (χ1) is 16.4. The number of amides is 1. The lowest BCUT2D eigenvalue weighted by atomic mass is 10.2. The van der Waals surface area contributed by atoms with E-state index in [4.69, 9.17) is 4.42 Å². The first kappa shape index (κ1) is 22.3. The van der Waals surface area contributed by atoms with Crippen molar-refractivity contribution in [3.63, 3.8) is 0 Å². The summed E-state index contributed by atoms with van der Waals surface area (Å²) in [6.07, 6.45) is 0. The molecule has 1 saturated heterocycles. The van der Waals surface area contributed by atoms with Crippen molar-refractivity contribution < 1.29 is 22.0 Å². The van der Waals surface area contributed by atoms with Crippen LogP contribution in [0.25, 0.3) is 10.8 Å². The standard InChI is InChI=1S/C24H20FN3O4S2/c25-18-7-4-6-17(16-18)23(29)27-11-13-28(14-12-27)24-22(26-21(32-24)20-10-5-15-33-20)34(30,31)19-8-2-1-3-9-19/h1-10,15-16H,11-14H2. The number of sulfone groups is 1. The largest absolute Gasteiger partial charge is 0.418 e. The normalized spacial score (nSPS) is 14.4. The van der Waals surface area contributed by atoms with Gasteiger partial charge < -0.3 is 14.2 Å². The van der Waals surface area contributed by atoms with Crippen LogP contribution >= 0.6 is 11.3 Å². The number of benzene rings is 2. The maximum Gasteiger partial charge on any atom is 0.254 e. The number of nitrogens with zero attached hydrogens (tertiary/aromatic N) is 3. The lowest BCUT2D eigenvalue weighted by Gasteiger charge is -2.34. The number of anilines is 1. The van der Waals surface area contributed by atoms with Gasteiger partial charge in [-0.15, -0.1) is 11.3 Å². The Morgan fingerprint density at radius 1 is 0.971 bits per heavy atom. The second-order valence-corrected chi connectivity index (χ2v) is 10.5. The summed E-state index contributed by atoms with van der Waals surface area (Å²) in [4.78, 5) is 21.4. The third-order valence-electron chi connectivity index (χ3n) is 5.55. The van der Waals surface area contributed by atoms with E-state index in [9.17, 15) is 17.6 Å². The number of piperazine rings is 1. The smallest absolute Gasteiger partial charge is 0.254 e. The highest BCUT2D eigenvalue weighted by molar-refractivity contribution is 7.91. The van der Waals surface area contributed by atoms with Crippen LogP contribution in [0, 0.1) is 5.82 Å². The van der Waals surface area contributed by atoms with E-state index >= 15 is 0 Å².